The van der Waals surface area contributed by atoms with Crippen molar-refractivity contribution in [3.63, 3.8) is 0 Å². The number of piperazine rings is 1. The fraction of sp³-hybridized carbons (Fsp3) is 0.400. The molecule has 1 fully saturated rings. The highest BCUT2D eigenvalue weighted by molar-refractivity contribution is 7.77. The van der Waals surface area contributed by atoms with E-state index in [1.807, 2.05) is 6.07 Å². The first-order valence-corrected chi connectivity index (χ1v) is 4.99. The molecule has 2 rings (SSSR count). The summed E-state index contributed by atoms with van der Waals surface area (Å²) in [5.74, 6) is 0. The topological polar surface area (TPSA) is 15.3 Å². The van der Waals surface area contributed by atoms with E-state index in [-0.39, 0.29) is 0 Å². The Kier molecular flexibility index (Phi) is 2.88. The standard InChI is InChI=1S/C10H14N2S/c13-12-7-6-11-8-10(12)9-4-2-1-3-5-9/h1-5,10-11,13H,6-8H2/t10-/m0/s1. The van der Waals surface area contributed by atoms with E-state index in [0.29, 0.717) is 6.04 Å². The maximum absolute atomic E-state index is 4.46. The number of hydrogen-bond acceptors (Lipinski definition) is 3. The third-order valence-electron chi connectivity index (χ3n) is 2.40. The number of nitrogens with zero attached hydrogens (tertiary/aromatic N) is 1. The van der Waals surface area contributed by atoms with E-state index in [0.717, 1.165) is 19.6 Å². The van der Waals surface area contributed by atoms with Crippen molar-refractivity contribution in [2.45, 2.75) is 6.04 Å². The third-order valence-corrected chi connectivity index (χ3v) is 2.88. The fourth-order valence-electron chi connectivity index (χ4n) is 1.66. The molecule has 0 amide bonds. The van der Waals surface area contributed by atoms with Crippen molar-refractivity contribution >= 4 is 12.8 Å². The molecule has 1 N–H and O–H groups in total. The van der Waals surface area contributed by atoms with E-state index in [9.17, 15) is 0 Å². The highest BCUT2D eigenvalue weighted by atomic mass is 32.1. The SMILES string of the molecule is SN1CCNC[C@H]1c1ccccc1. The lowest BCUT2D eigenvalue weighted by Gasteiger charge is -2.32. The molecule has 0 saturated carbocycles. The van der Waals surface area contributed by atoms with Crippen molar-refractivity contribution in [2.24, 2.45) is 0 Å². The molecule has 1 aliphatic rings. The monoisotopic (exact) mass is 194 g/mol. The molecule has 2 nitrogen and oxygen atoms in total. The van der Waals surface area contributed by atoms with Crippen molar-refractivity contribution in [1.82, 2.24) is 9.62 Å². The average Bonchev–Trinajstić information content (AvgIpc) is 2.20. The molecule has 0 aliphatic carbocycles. The van der Waals surface area contributed by atoms with Crippen LogP contribution >= 0.6 is 12.8 Å². The predicted octanol–water partition coefficient (Wildman–Crippen LogP) is 1.48. The smallest absolute Gasteiger partial charge is 0.0574 e. The van der Waals surface area contributed by atoms with Crippen molar-refractivity contribution in [2.75, 3.05) is 19.6 Å². The van der Waals surface area contributed by atoms with Gasteiger partial charge in [-0.2, -0.15) is 0 Å². The number of hydrogen-bond donors (Lipinski definition) is 2. The van der Waals surface area contributed by atoms with Gasteiger partial charge in [0.15, 0.2) is 0 Å². The van der Waals surface area contributed by atoms with Crippen LogP contribution < -0.4 is 5.32 Å². The van der Waals surface area contributed by atoms with Gasteiger partial charge in [0.25, 0.3) is 0 Å². The molecule has 1 atom stereocenters. The second-order valence-electron chi connectivity index (χ2n) is 3.29. The van der Waals surface area contributed by atoms with Gasteiger partial charge in [-0.3, -0.25) is 0 Å². The van der Waals surface area contributed by atoms with Gasteiger partial charge >= 0.3 is 0 Å². The number of rotatable bonds is 1. The van der Waals surface area contributed by atoms with Crippen LogP contribution in [0.25, 0.3) is 0 Å². The van der Waals surface area contributed by atoms with Crippen LogP contribution in [0.1, 0.15) is 11.6 Å². The van der Waals surface area contributed by atoms with Gasteiger partial charge in [0.1, 0.15) is 0 Å². The summed E-state index contributed by atoms with van der Waals surface area (Å²) in [6, 6.07) is 10.9. The summed E-state index contributed by atoms with van der Waals surface area (Å²) >= 11 is 4.46. The highest BCUT2D eigenvalue weighted by Gasteiger charge is 2.20. The van der Waals surface area contributed by atoms with E-state index in [1.165, 1.54) is 5.56 Å². The lowest BCUT2D eigenvalue weighted by Crippen LogP contribution is -2.41. The number of thiol groups is 1. The predicted molar refractivity (Wildman–Crippen MR) is 57.7 cm³/mol. The molecule has 70 valence electrons. The Hall–Kier alpha value is -0.510. The molecule has 1 aromatic rings. The van der Waals surface area contributed by atoms with E-state index >= 15 is 0 Å². The summed E-state index contributed by atoms with van der Waals surface area (Å²) in [4.78, 5) is 0. The van der Waals surface area contributed by atoms with Crippen LogP contribution in [0.2, 0.25) is 0 Å². The van der Waals surface area contributed by atoms with Crippen LogP contribution in [0, 0.1) is 0 Å². The van der Waals surface area contributed by atoms with Gasteiger partial charge in [0.05, 0.1) is 6.04 Å². The van der Waals surface area contributed by atoms with Crippen LogP contribution in [-0.2, 0) is 0 Å². The van der Waals surface area contributed by atoms with Crippen molar-refractivity contribution in [1.29, 1.82) is 0 Å². The van der Waals surface area contributed by atoms with Gasteiger partial charge < -0.3 is 5.32 Å². The number of nitrogens with one attached hydrogen (secondary N) is 1. The van der Waals surface area contributed by atoms with E-state index in [2.05, 4.69) is 46.7 Å². The second kappa shape index (κ2) is 4.13. The van der Waals surface area contributed by atoms with E-state index in [1.54, 1.807) is 0 Å². The molecule has 13 heavy (non-hydrogen) atoms. The van der Waals surface area contributed by atoms with Crippen molar-refractivity contribution in [3.8, 4) is 0 Å². The largest absolute Gasteiger partial charge is 0.313 e. The highest BCUT2D eigenvalue weighted by Crippen LogP contribution is 2.22. The minimum atomic E-state index is 0.415. The zero-order valence-corrected chi connectivity index (χ0v) is 8.37. The quantitative estimate of drug-likeness (QED) is 0.658. The first-order valence-electron chi connectivity index (χ1n) is 4.59. The molecule has 0 bridgehead atoms. The molecule has 0 unspecified atom stereocenters. The zero-order valence-electron chi connectivity index (χ0n) is 7.48. The Bertz CT molecular complexity index is 263. The van der Waals surface area contributed by atoms with Crippen molar-refractivity contribution < 1.29 is 0 Å². The summed E-state index contributed by atoms with van der Waals surface area (Å²) < 4.78 is 2.10. The fourth-order valence-corrected chi connectivity index (χ4v) is 1.97. The molecule has 1 heterocycles. The maximum Gasteiger partial charge on any atom is 0.0574 e. The van der Waals surface area contributed by atoms with Gasteiger partial charge in [0.2, 0.25) is 0 Å². The molecular formula is C10H14N2S. The third kappa shape index (κ3) is 2.05. The summed E-state index contributed by atoms with van der Waals surface area (Å²) in [5, 5.41) is 3.37. The Labute approximate surface area is 84.5 Å². The number of benzene rings is 1. The Balaban J connectivity index is 2.15. The Morgan fingerprint density at radius 2 is 2.08 bits per heavy atom. The van der Waals surface area contributed by atoms with Gasteiger partial charge in [-0.25, -0.2) is 4.31 Å². The minimum absolute atomic E-state index is 0.415. The molecular weight excluding hydrogens is 180 g/mol. The first-order chi connectivity index (χ1) is 6.38. The van der Waals surface area contributed by atoms with Crippen LogP contribution in [0.5, 0.6) is 0 Å². The maximum atomic E-state index is 4.46. The molecule has 1 aromatic carbocycles. The van der Waals surface area contributed by atoms with Crippen LogP contribution in [0.3, 0.4) is 0 Å². The molecule has 1 saturated heterocycles. The molecule has 1 aliphatic heterocycles. The summed E-state index contributed by atoms with van der Waals surface area (Å²) in [6.45, 7) is 3.03. The lowest BCUT2D eigenvalue weighted by molar-refractivity contribution is 0.300. The molecule has 0 radical (unpaired) electrons. The lowest BCUT2D eigenvalue weighted by atomic mass is 10.1. The van der Waals surface area contributed by atoms with Crippen LogP contribution in [0.4, 0.5) is 0 Å². The molecule has 0 spiro atoms. The van der Waals surface area contributed by atoms with Gasteiger partial charge in [-0.1, -0.05) is 43.1 Å². The molecule has 3 heteroatoms. The van der Waals surface area contributed by atoms with Gasteiger partial charge in [-0.15, -0.1) is 0 Å². The van der Waals surface area contributed by atoms with Gasteiger partial charge in [0, 0.05) is 19.6 Å². The van der Waals surface area contributed by atoms with Crippen LogP contribution in [-0.4, -0.2) is 23.9 Å². The second-order valence-corrected chi connectivity index (χ2v) is 3.81. The average molecular weight is 194 g/mol. The summed E-state index contributed by atoms with van der Waals surface area (Å²) in [6.07, 6.45) is 0. The van der Waals surface area contributed by atoms with E-state index in [4.69, 9.17) is 0 Å². The van der Waals surface area contributed by atoms with Gasteiger partial charge in [-0.05, 0) is 5.56 Å². The summed E-state index contributed by atoms with van der Waals surface area (Å²) in [5.41, 5.74) is 1.34. The molecule has 0 aromatic heterocycles. The zero-order chi connectivity index (χ0) is 9.10. The minimum Gasteiger partial charge on any atom is -0.313 e. The summed E-state index contributed by atoms with van der Waals surface area (Å²) in [7, 11) is 0. The van der Waals surface area contributed by atoms with Crippen molar-refractivity contribution in [3.05, 3.63) is 35.9 Å². The Morgan fingerprint density at radius 1 is 1.31 bits per heavy atom. The normalized spacial score (nSPS) is 24.5. The first kappa shape index (κ1) is 9.06. The van der Waals surface area contributed by atoms with E-state index < -0.39 is 0 Å². The van der Waals surface area contributed by atoms with Crippen LogP contribution in [0.15, 0.2) is 30.3 Å². The Morgan fingerprint density at radius 3 is 2.77 bits per heavy atom.